The maximum atomic E-state index is 12.5. The van der Waals surface area contributed by atoms with E-state index in [4.69, 9.17) is 16.3 Å². The van der Waals surface area contributed by atoms with Crippen LogP contribution in [-0.4, -0.2) is 36.4 Å². The summed E-state index contributed by atoms with van der Waals surface area (Å²) in [5.74, 6) is 0.478. The van der Waals surface area contributed by atoms with E-state index in [0.717, 1.165) is 16.9 Å². The molecule has 2 amide bonds. The zero-order valence-corrected chi connectivity index (χ0v) is 16.6. The molecule has 0 aliphatic heterocycles. The Kier molecular flexibility index (Phi) is 7.67. The van der Waals surface area contributed by atoms with Gasteiger partial charge in [-0.15, -0.1) is 0 Å². The Morgan fingerprint density at radius 2 is 1.67 bits per heavy atom. The van der Waals surface area contributed by atoms with E-state index >= 15 is 0 Å². The van der Waals surface area contributed by atoms with Gasteiger partial charge in [-0.2, -0.15) is 0 Å². The topological polar surface area (TPSA) is 58.6 Å². The number of hydrogen-bond acceptors (Lipinski definition) is 3. The van der Waals surface area contributed by atoms with E-state index in [1.807, 2.05) is 36.4 Å². The molecule has 0 aromatic heterocycles. The number of benzene rings is 2. The molecule has 0 radical (unpaired) electrons. The predicted octanol–water partition coefficient (Wildman–Crippen LogP) is 3.44. The summed E-state index contributed by atoms with van der Waals surface area (Å²) in [6.07, 6.45) is 0.708. The van der Waals surface area contributed by atoms with Crippen molar-refractivity contribution in [2.24, 2.45) is 0 Å². The standard InChI is InChI=1S/C21H25ClN2O3/c1-15(24(16(2)25)14-18-4-8-19(22)9-5-18)21(26)23-13-12-17-6-10-20(27-3)11-7-17/h4-11,15H,12-14H2,1-3H3,(H,23,26)/t15-/m0/s1. The van der Waals surface area contributed by atoms with Crippen molar-refractivity contribution in [2.75, 3.05) is 13.7 Å². The molecule has 1 N–H and O–H groups in total. The van der Waals surface area contributed by atoms with Gasteiger partial charge in [-0.25, -0.2) is 0 Å². The number of carbonyl (C=O) groups is 2. The lowest BCUT2D eigenvalue weighted by molar-refractivity contribution is -0.138. The average molecular weight is 389 g/mol. The maximum absolute atomic E-state index is 12.5. The Hall–Kier alpha value is -2.53. The first-order chi connectivity index (χ1) is 12.9. The highest BCUT2D eigenvalue weighted by atomic mass is 35.5. The fraction of sp³-hybridized carbons (Fsp3) is 0.333. The van der Waals surface area contributed by atoms with Crippen molar-refractivity contribution in [1.82, 2.24) is 10.2 Å². The lowest BCUT2D eigenvalue weighted by atomic mass is 10.1. The second-order valence-corrected chi connectivity index (χ2v) is 6.77. The number of halogens is 1. The SMILES string of the molecule is COc1ccc(CCNC(=O)[C@H](C)N(Cc2ccc(Cl)cc2)C(C)=O)cc1. The Labute approximate surface area is 165 Å². The number of carbonyl (C=O) groups excluding carboxylic acids is 2. The van der Waals surface area contributed by atoms with E-state index in [2.05, 4.69) is 5.32 Å². The molecule has 0 saturated carbocycles. The Morgan fingerprint density at radius 1 is 1.07 bits per heavy atom. The monoisotopic (exact) mass is 388 g/mol. The minimum atomic E-state index is -0.561. The molecular weight excluding hydrogens is 364 g/mol. The van der Waals surface area contributed by atoms with Crippen molar-refractivity contribution >= 4 is 23.4 Å². The number of nitrogens with one attached hydrogen (secondary N) is 1. The van der Waals surface area contributed by atoms with Gasteiger partial charge in [-0.3, -0.25) is 9.59 Å². The fourth-order valence-electron chi connectivity index (χ4n) is 2.72. The predicted molar refractivity (Wildman–Crippen MR) is 107 cm³/mol. The van der Waals surface area contributed by atoms with Crippen LogP contribution >= 0.6 is 11.6 Å². The molecule has 2 rings (SSSR count). The van der Waals surface area contributed by atoms with Crippen LogP contribution in [0.25, 0.3) is 0 Å². The van der Waals surface area contributed by atoms with E-state index in [-0.39, 0.29) is 11.8 Å². The number of nitrogens with zero attached hydrogens (tertiary/aromatic N) is 1. The molecule has 27 heavy (non-hydrogen) atoms. The number of ether oxygens (including phenoxy) is 1. The summed E-state index contributed by atoms with van der Waals surface area (Å²) in [7, 11) is 1.63. The molecule has 1 atom stereocenters. The van der Waals surface area contributed by atoms with Gasteiger partial charge in [0.15, 0.2) is 0 Å². The van der Waals surface area contributed by atoms with Gasteiger partial charge < -0.3 is 15.0 Å². The zero-order valence-electron chi connectivity index (χ0n) is 15.9. The summed E-state index contributed by atoms with van der Waals surface area (Å²) < 4.78 is 5.13. The van der Waals surface area contributed by atoms with Crippen LogP contribution in [0.2, 0.25) is 5.02 Å². The maximum Gasteiger partial charge on any atom is 0.242 e. The molecular formula is C21H25ClN2O3. The van der Waals surface area contributed by atoms with Crippen LogP contribution in [0.15, 0.2) is 48.5 Å². The molecule has 0 saturated heterocycles. The third kappa shape index (κ3) is 6.29. The molecule has 0 unspecified atom stereocenters. The summed E-state index contributed by atoms with van der Waals surface area (Å²) in [6.45, 7) is 4.07. The zero-order chi connectivity index (χ0) is 19.8. The Balaban J connectivity index is 1.89. The van der Waals surface area contributed by atoms with Crippen LogP contribution in [-0.2, 0) is 22.6 Å². The minimum absolute atomic E-state index is 0.150. The summed E-state index contributed by atoms with van der Waals surface area (Å²) in [4.78, 5) is 26.1. The molecule has 5 nitrogen and oxygen atoms in total. The van der Waals surface area contributed by atoms with Crippen LogP contribution in [0.4, 0.5) is 0 Å². The molecule has 6 heteroatoms. The third-order valence-corrected chi connectivity index (χ3v) is 4.64. The summed E-state index contributed by atoms with van der Waals surface area (Å²) in [6, 6.07) is 14.4. The highest BCUT2D eigenvalue weighted by molar-refractivity contribution is 6.30. The van der Waals surface area contributed by atoms with Crippen LogP contribution in [0, 0.1) is 0 Å². The number of rotatable bonds is 8. The largest absolute Gasteiger partial charge is 0.497 e. The van der Waals surface area contributed by atoms with Crippen molar-refractivity contribution < 1.29 is 14.3 Å². The molecule has 2 aromatic carbocycles. The van der Waals surface area contributed by atoms with Crippen LogP contribution in [0.3, 0.4) is 0 Å². The molecule has 2 aromatic rings. The van der Waals surface area contributed by atoms with Gasteiger partial charge in [-0.1, -0.05) is 35.9 Å². The van der Waals surface area contributed by atoms with Crippen LogP contribution in [0.5, 0.6) is 5.75 Å². The van der Waals surface area contributed by atoms with Crippen molar-refractivity contribution in [3.8, 4) is 5.75 Å². The first-order valence-corrected chi connectivity index (χ1v) is 9.21. The summed E-state index contributed by atoms with van der Waals surface area (Å²) >= 11 is 5.90. The first kappa shape index (κ1) is 20.8. The van der Waals surface area contributed by atoms with E-state index in [1.165, 1.54) is 6.92 Å². The lowest BCUT2D eigenvalue weighted by Gasteiger charge is -2.27. The third-order valence-electron chi connectivity index (χ3n) is 4.39. The Bertz CT molecular complexity index is 760. The summed E-state index contributed by atoms with van der Waals surface area (Å²) in [5.41, 5.74) is 2.03. The van der Waals surface area contributed by atoms with E-state index in [9.17, 15) is 9.59 Å². The average Bonchev–Trinajstić information content (AvgIpc) is 2.67. The van der Waals surface area contributed by atoms with Gasteiger partial charge in [0, 0.05) is 25.0 Å². The van der Waals surface area contributed by atoms with Crippen molar-refractivity contribution in [1.29, 1.82) is 0 Å². The highest BCUT2D eigenvalue weighted by Crippen LogP contribution is 2.14. The fourth-order valence-corrected chi connectivity index (χ4v) is 2.84. The summed E-state index contributed by atoms with van der Waals surface area (Å²) in [5, 5.41) is 3.54. The van der Waals surface area contributed by atoms with Gasteiger partial charge in [0.2, 0.25) is 11.8 Å². The molecule has 0 spiro atoms. The van der Waals surface area contributed by atoms with Gasteiger partial charge >= 0.3 is 0 Å². The molecule has 0 fully saturated rings. The van der Waals surface area contributed by atoms with Crippen molar-refractivity contribution in [3.63, 3.8) is 0 Å². The lowest BCUT2D eigenvalue weighted by Crippen LogP contribution is -2.47. The second kappa shape index (κ2) is 9.97. The molecule has 0 bridgehead atoms. The van der Waals surface area contributed by atoms with Gasteiger partial charge in [-0.05, 0) is 48.7 Å². The second-order valence-electron chi connectivity index (χ2n) is 6.34. The van der Waals surface area contributed by atoms with Crippen LogP contribution in [0.1, 0.15) is 25.0 Å². The first-order valence-electron chi connectivity index (χ1n) is 8.83. The van der Waals surface area contributed by atoms with E-state index in [0.29, 0.717) is 24.5 Å². The minimum Gasteiger partial charge on any atom is -0.497 e. The van der Waals surface area contributed by atoms with Crippen molar-refractivity contribution in [2.45, 2.75) is 32.9 Å². The number of methoxy groups -OCH3 is 1. The van der Waals surface area contributed by atoms with Crippen molar-refractivity contribution in [3.05, 3.63) is 64.7 Å². The molecule has 0 aliphatic carbocycles. The molecule has 144 valence electrons. The number of hydrogen-bond donors (Lipinski definition) is 1. The van der Waals surface area contributed by atoms with Gasteiger partial charge in [0.1, 0.15) is 11.8 Å². The van der Waals surface area contributed by atoms with Gasteiger partial charge in [0.05, 0.1) is 7.11 Å². The molecule has 0 aliphatic rings. The molecule has 0 heterocycles. The van der Waals surface area contributed by atoms with Gasteiger partial charge in [0.25, 0.3) is 0 Å². The quantitative estimate of drug-likeness (QED) is 0.753. The highest BCUT2D eigenvalue weighted by Gasteiger charge is 2.23. The van der Waals surface area contributed by atoms with Crippen LogP contribution < -0.4 is 10.1 Å². The number of amides is 2. The Morgan fingerprint density at radius 3 is 2.22 bits per heavy atom. The normalized spacial score (nSPS) is 11.6. The smallest absolute Gasteiger partial charge is 0.242 e. The van der Waals surface area contributed by atoms with E-state index in [1.54, 1.807) is 31.1 Å². The van der Waals surface area contributed by atoms with E-state index < -0.39 is 6.04 Å².